The minimum atomic E-state index is -4.17. The largest absolute Gasteiger partial charge is 0.355 e. The van der Waals surface area contributed by atoms with Gasteiger partial charge in [0.1, 0.15) is 18.4 Å². The molecule has 10 heteroatoms. The van der Waals surface area contributed by atoms with Crippen LogP contribution in [0.3, 0.4) is 0 Å². The molecule has 1 N–H and O–H groups in total. The molecule has 0 aliphatic carbocycles. The van der Waals surface area contributed by atoms with Gasteiger partial charge in [-0.1, -0.05) is 76.6 Å². The van der Waals surface area contributed by atoms with Crippen LogP contribution in [0, 0.1) is 5.82 Å². The fourth-order valence-corrected chi connectivity index (χ4v) is 6.19. The standard InChI is InChI=1S/C32H31BrFN3O4S/c1-2-35-32(39)30(21-24-9-5-3-6-10-24)36(22-25-13-17-27(34)18-14-25)31(38)23-37(28-19-15-26(33)16-20-28)42(40,41)29-11-7-4-8-12-29/h3-20,30H,2,21-23H2,1H3,(H,35,39)/t30-/m1/s1. The third-order valence-corrected chi connectivity index (χ3v) is 8.93. The fraction of sp³-hybridized carbons (Fsp3) is 0.188. The van der Waals surface area contributed by atoms with E-state index in [0.717, 1.165) is 14.3 Å². The lowest BCUT2D eigenvalue weighted by Gasteiger charge is -2.33. The number of carbonyl (C=O) groups is 2. The van der Waals surface area contributed by atoms with Crippen LogP contribution in [0.1, 0.15) is 18.1 Å². The van der Waals surface area contributed by atoms with E-state index < -0.39 is 34.3 Å². The summed E-state index contributed by atoms with van der Waals surface area (Å²) in [5, 5.41) is 2.81. The number of nitrogens with one attached hydrogen (secondary N) is 1. The summed E-state index contributed by atoms with van der Waals surface area (Å²) in [4.78, 5) is 29.1. The van der Waals surface area contributed by atoms with Crippen LogP contribution >= 0.6 is 15.9 Å². The molecule has 4 aromatic carbocycles. The summed E-state index contributed by atoms with van der Waals surface area (Å²) >= 11 is 3.37. The smallest absolute Gasteiger partial charge is 0.264 e. The molecule has 0 saturated carbocycles. The third kappa shape index (κ3) is 7.83. The number of benzene rings is 4. The molecule has 218 valence electrons. The van der Waals surface area contributed by atoms with Gasteiger partial charge in [0.25, 0.3) is 10.0 Å². The van der Waals surface area contributed by atoms with E-state index >= 15 is 0 Å². The number of nitrogens with zero attached hydrogens (tertiary/aromatic N) is 2. The lowest BCUT2D eigenvalue weighted by atomic mass is 10.0. The van der Waals surface area contributed by atoms with Crippen molar-refractivity contribution in [1.29, 1.82) is 0 Å². The number of hydrogen-bond acceptors (Lipinski definition) is 4. The molecule has 0 fully saturated rings. The summed E-state index contributed by atoms with van der Waals surface area (Å²) < 4.78 is 43.3. The Morgan fingerprint density at radius 3 is 2.02 bits per heavy atom. The molecular formula is C32H31BrFN3O4S. The van der Waals surface area contributed by atoms with Crippen LogP contribution in [0.15, 0.2) is 119 Å². The highest BCUT2D eigenvalue weighted by molar-refractivity contribution is 9.10. The molecule has 0 radical (unpaired) electrons. The maximum atomic E-state index is 14.2. The molecule has 0 saturated heterocycles. The summed E-state index contributed by atoms with van der Waals surface area (Å²) in [6.45, 7) is 1.53. The number of anilines is 1. The maximum Gasteiger partial charge on any atom is 0.264 e. The zero-order chi connectivity index (χ0) is 30.1. The molecule has 4 rings (SSSR count). The molecule has 0 aliphatic rings. The van der Waals surface area contributed by atoms with Gasteiger partial charge in [-0.2, -0.15) is 0 Å². The van der Waals surface area contributed by atoms with Gasteiger partial charge < -0.3 is 10.2 Å². The van der Waals surface area contributed by atoms with Crippen molar-refractivity contribution in [3.05, 3.63) is 131 Å². The van der Waals surface area contributed by atoms with Crippen LogP contribution in [0.25, 0.3) is 0 Å². The Labute approximate surface area is 254 Å². The molecule has 0 bridgehead atoms. The fourth-order valence-electron chi connectivity index (χ4n) is 4.49. The van der Waals surface area contributed by atoms with Gasteiger partial charge in [0.2, 0.25) is 11.8 Å². The Hall–Kier alpha value is -4.02. The van der Waals surface area contributed by atoms with Gasteiger partial charge in [-0.05, 0) is 66.6 Å². The predicted molar refractivity (Wildman–Crippen MR) is 165 cm³/mol. The molecule has 0 aliphatic heterocycles. The van der Waals surface area contributed by atoms with E-state index in [0.29, 0.717) is 12.1 Å². The lowest BCUT2D eigenvalue weighted by molar-refractivity contribution is -0.140. The first-order chi connectivity index (χ1) is 20.2. The summed E-state index contributed by atoms with van der Waals surface area (Å²) in [6.07, 6.45) is 0.198. The number of rotatable bonds is 12. The summed E-state index contributed by atoms with van der Waals surface area (Å²) in [5.74, 6) is -1.40. The van der Waals surface area contributed by atoms with Gasteiger partial charge in [0.05, 0.1) is 10.6 Å². The molecule has 7 nitrogen and oxygen atoms in total. The Kier molecular flexibility index (Phi) is 10.5. The number of sulfonamides is 1. The van der Waals surface area contributed by atoms with Gasteiger partial charge in [0, 0.05) is 24.0 Å². The average molecular weight is 653 g/mol. The normalized spacial score (nSPS) is 11.9. The molecule has 4 aromatic rings. The first-order valence-corrected chi connectivity index (χ1v) is 15.6. The number of likely N-dealkylation sites (N-methyl/N-ethyl adjacent to an activating group) is 1. The number of carbonyl (C=O) groups excluding carboxylic acids is 2. The molecule has 2 amide bonds. The molecule has 0 spiro atoms. The van der Waals surface area contributed by atoms with Crippen LogP contribution in [0.4, 0.5) is 10.1 Å². The number of amides is 2. The molecule has 1 atom stereocenters. The highest BCUT2D eigenvalue weighted by Gasteiger charge is 2.34. The Morgan fingerprint density at radius 2 is 1.43 bits per heavy atom. The van der Waals surface area contributed by atoms with E-state index in [4.69, 9.17) is 0 Å². The van der Waals surface area contributed by atoms with Crippen LogP contribution in [0.2, 0.25) is 0 Å². The second-order valence-electron chi connectivity index (χ2n) is 9.55. The van der Waals surface area contributed by atoms with Gasteiger partial charge in [-0.15, -0.1) is 0 Å². The molecule has 0 aromatic heterocycles. The van der Waals surface area contributed by atoms with E-state index in [2.05, 4.69) is 21.2 Å². The first-order valence-electron chi connectivity index (χ1n) is 13.4. The van der Waals surface area contributed by atoms with Crippen LogP contribution in [-0.4, -0.2) is 44.3 Å². The monoisotopic (exact) mass is 651 g/mol. The second kappa shape index (κ2) is 14.2. The minimum Gasteiger partial charge on any atom is -0.355 e. The average Bonchev–Trinajstić information content (AvgIpc) is 3.00. The zero-order valence-electron chi connectivity index (χ0n) is 23.0. The summed E-state index contributed by atoms with van der Waals surface area (Å²) in [7, 11) is -4.17. The Balaban J connectivity index is 1.78. The van der Waals surface area contributed by atoms with Gasteiger partial charge in [-0.3, -0.25) is 13.9 Å². The maximum absolute atomic E-state index is 14.2. The van der Waals surface area contributed by atoms with Crippen molar-refractivity contribution in [1.82, 2.24) is 10.2 Å². The minimum absolute atomic E-state index is 0.0235. The van der Waals surface area contributed by atoms with Gasteiger partial charge in [0.15, 0.2) is 0 Å². The lowest BCUT2D eigenvalue weighted by Crippen LogP contribution is -2.53. The highest BCUT2D eigenvalue weighted by Crippen LogP contribution is 2.26. The molecule has 0 unspecified atom stereocenters. The number of hydrogen-bond donors (Lipinski definition) is 1. The third-order valence-electron chi connectivity index (χ3n) is 6.61. The van der Waals surface area contributed by atoms with Crippen molar-refractivity contribution in [3.63, 3.8) is 0 Å². The van der Waals surface area contributed by atoms with Gasteiger partial charge >= 0.3 is 0 Å². The zero-order valence-corrected chi connectivity index (χ0v) is 25.4. The highest BCUT2D eigenvalue weighted by atomic mass is 79.9. The first kappa shape index (κ1) is 30.9. The van der Waals surface area contributed by atoms with Crippen molar-refractivity contribution in [2.24, 2.45) is 0 Å². The van der Waals surface area contributed by atoms with Crippen molar-refractivity contribution in [3.8, 4) is 0 Å². The SMILES string of the molecule is CCNC(=O)[C@@H](Cc1ccccc1)N(Cc1ccc(F)cc1)C(=O)CN(c1ccc(Br)cc1)S(=O)(=O)c1ccccc1. The predicted octanol–water partition coefficient (Wildman–Crippen LogP) is 5.56. The van der Waals surface area contributed by atoms with E-state index in [1.54, 1.807) is 61.5 Å². The van der Waals surface area contributed by atoms with Crippen molar-refractivity contribution >= 4 is 43.5 Å². The Bertz CT molecular complexity index is 1590. The van der Waals surface area contributed by atoms with E-state index in [1.165, 1.54) is 29.2 Å². The molecular weight excluding hydrogens is 621 g/mol. The quantitative estimate of drug-likeness (QED) is 0.217. The van der Waals surface area contributed by atoms with Crippen LogP contribution in [-0.2, 0) is 32.6 Å². The topological polar surface area (TPSA) is 86.8 Å². The molecule has 0 heterocycles. The van der Waals surface area contributed by atoms with E-state index in [-0.39, 0.29) is 29.5 Å². The van der Waals surface area contributed by atoms with Crippen LogP contribution in [0.5, 0.6) is 0 Å². The van der Waals surface area contributed by atoms with Crippen molar-refractivity contribution < 1.29 is 22.4 Å². The van der Waals surface area contributed by atoms with Gasteiger partial charge in [-0.25, -0.2) is 12.8 Å². The summed E-state index contributed by atoms with van der Waals surface area (Å²) in [6, 6.07) is 28.4. The van der Waals surface area contributed by atoms with E-state index in [1.807, 2.05) is 30.3 Å². The second-order valence-corrected chi connectivity index (χ2v) is 12.3. The van der Waals surface area contributed by atoms with Crippen LogP contribution < -0.4 is 9.62 Å². The Morgan fingerprint density at radius 1 is 0.833 bits per heavy atom. The number of halogens is 2. The summed E-state index contributed by atoms with van der Waals surface area (Å²) in [5.41, 5.74) is 1.70. The van der Waals surface area contributed by atoms with Crippen molar-refractivity contribution in [2.75, 3.05) is 17.4 Å². The molecule has 42 heavy (non-hydrogen) atoms. The van der Waals surface area contributed by atoms with Crippen molar-refractivity contribution in [2.45, 2.75) is 30.8 Å². The van der Waals surface area contributed by atoms with E-state index in [9.17, 15) is 22.4 Å².